The SMILES string of the molecule is CC(C)CC(C)(C)COCC(C)(C)CNC(=O)Cc1ccc(CN)cc1. The Morgan fingerprint density at radius 2 is 1.58 bits per heavy atom. The smallest absolute Gasteiger partial charge is 0.224 e. The van der Waals surface area contributed by atoms with Crippen molar-refractivity contribution in [1.29, 1.82) is 0 Å². The van der Waals surface area contributed by atoms with Crippen LogP contribution < -0.4 is 11.1 Å². The molecule has 0 unspecified atom stereocenters. The first kappa shape index (κ1) is 22.7. The van der Waals surface area contributed by atoms with Crippen LogP contribution in [0.3, 0.4) is 0 Å². The van der Waals surface area contributed by atoms with Gasteiger partial charge in [-0.1, -0.05) is 65.8 Å². The van der Waals surface area contributed by atoms with Crippen molar-refractivity contribution in [3.8, 4) is 0 Å². The molecule has 1 rings (SSSR count). The number of ether oxygens (including phenoxy) is 1. The van der Waals surface area contributed by atoms with Gasteiger partial charge in [0.25, 0.3) is 0 Å². The summed E-state index contributed by atoms with van der Waals surface area (Å²) in [5.74, 6) is 0.707. The van der Waals surface area contributed by atoms with Crippen LogP contribution in [0.5, 0.6) is 0 Å². The van der Waals surface area contributed by atoms with E-state index in [0.29, 0.717) is 32.0 Å². The molecule has 1 aromatic rings. The average Bonchev–Trinajstić information content (AvgIpc) is 2.52. The second-order valence-electron chi connectivity index (χ2n) is 9.39. The predicted molar refractivity (Wildman–Crippen MR) is 109 cm³/mol. The molecule has 3 N–H and O–H groups in total. The second kappa shape index (κ2) is 10.1. The molecule has 4 heteroatoms. The molecule has 1 amide bonds. The maximum absolute atomic E-state index is 12.2. The van der Waals surface area contributed by atoms with Gasteiger partial charge in [0.05, 0.1) is 19.6 Å². The molecule has 0 radical (unpaired) electrons. The number of hydrogen-bond donors (Lipinski definition) is 2. The number of benzene rings is 1. The minimum atomic E-state index is -0.0903. The number of nitrogens with two attached hydrogens (primary N) is 1. The van der Waals surface area contributed by atoms with Gasteiger partial charge in [-0.05, 0) is 28.9 Å². The molecule has 0 spiro atoms. The van der Waals surface area contributed by atoms with E-state index in [4.69, 9.17) is 10.5 Å². The summed E-state index contributed by atoms with van der Waals surface area (Å²) in [6, 6.07) is 7.87. The van der Waals surface area contributed by atoms with E-state index in [2.05, 4.69) is 46.9 Å². The Morgan fingerprint density at radius 1 is 1.04 bits per heavy atom. The van der Waals surface area contributed by atoms with Gasteiger partial charge in [-0.15, -0.1) is 0 Å². The lowest BCUT2D eigenvalue weighted by atomic mass is 9.85. The van der Waals surface area contributed by atoms with Gasteiger partial charge in [0.2, 0.25) is 5.91 Å². The van der Waals surface area contributed by atoms with Gasteiger partial charge in [-0.3, -0.25) is 4.79 Å². The summed E-state index contributed by atoms with van der Waals surface area (Å²) in [6.07, 6.45) is 1.54. The summed E-state index contributed by atoms with van der Waals surface area (Å²) in [5, 5.41) is 3.04. The fourth-order valence-corrected chi connectivity index (χ4v) is 3.20. The molecule has 0 aliphatic rings. The minimum Gasteiger partial charge on any atom is -0.380 e. The molecule has 0 heterocycles. The van der Waals surface area contributed by atoms with Crippen molar-refractivity contribution in [2.24, 2.45) is 22.5 Å². The quantitative estimate of drug-likeness (QED) is 0.627. The van der Waals surface area contributed by atoms with Crippen LogP contribution in [0.25, 0.3) is 0 Å². The molecule has 4 nitrogen and oxygen atoms in total. The summed E-state index contributed by atoms with van der Waals surface area (Å²) in [5.41, 5.74) is 7.77. The molecule has 26 heavy (non-hydrogen) atoms. The van der Waals surface area contributed by atoms with E-state index in [-0.39, 0.29) is 16.7 Å². The van der Waals surface area contributed by atoms with Crippen molar-refractivity contribution < 1.29 is 9.53 Å². The van der Waals surface area contributed by atoms with Gasteiger partial charge < -0.3 is 15.8 Å². The lowest BCUT2D eigenvalue weighted by Crippen LogP contribution is -2.38. The second-order valence-corrected chi connectivity index (χ2v) is 9.39. The number of carbonyl (C=O) groups is 1. The Bertz CT molecular complexity index is 548. The summed E-state index contributed by atoms with van der Waals surface area (Å²) in [4.78, 5) is 12.2. The van der Waals surface area contributed by atoms with Crippen LogP contribution in [-0.2, 0) is 22.5 Å². The number of nitrogens with one attached hydrogen (secondary N) is 1. The molecule has 0 saturated carbocycles. The Kier molecular flexibility index (Phi) is 8.78. The van der Waals surface area contributed by atoms with E-state index < -0.39 is 0 Å². The molecule has 1 aromatic carbocycles. The van der Waals surface area contributed by atoms with E-state index in [9.17, 15) is 4.79 Å². The fraction of sp³-hybridized carbons (Fsp3) is 0.682. The van der Waals surface area contributed by atoms with Gasteiger partial charge in [0, 0.05) is 18.5 Å². The van der Waals surface area contributed by atoms with E-state index >= 15 is 0 Å². The molecule has 0 aromatic heterocycles. The number of hydrogen-bond acceptors (Lipinski definition) is 3. The molecule has 0 atom stereocenters. The van der Waals surface area contributed by atoms with E-state index in [0.717, 1.165) is 24.2 Å². The summed E-state index contributed by atoms with van der Waals surface area (Å²) in [7, 11) is 0. The van der Waals surface area contributed by atoms with Crippen LogP contribution in [0, 0.1) is 16.7 Å². The molecule has 0 saturated heterocycles. The molecule has 148 valence electrons. The summed E-state index contributed by atoms with van der Waals surface area (Å²) < 4.78 is 5.98. The third-order valence-electron chi connectivity index (χ3n) is 4.33. The van der Waals surface area contributed by atoms with Crippen molar-refractivity contribution in [2.75, 3.05) is 19.8 Å². The minimum absolute atomic E-state index is 0.0405. The Labute approximate surface area is 159 Å². The fourth-order valence-electron chi connectivity index (χ4n) is 3.20. The molecular weight excluding hydrogens is 324 g/mol. The number of amides is 1. The number of carbonyl (C=O) groups excluding carboxylic acids is 1. The summed E-state index contributed by atoms with van der Waals surface area (Å²) >= 11 is 0. The Hall–Kier alpha value is -1.39. The topological polar surface area (TPSA) is 64.3 Å². The van der Waals surface area contributed by atoms with Crippen molar-refractivity contribution in [3.05, 3.63) is 35.4 Å². The highest BCUT2D eigenvalue weighted by molar-refractivity contribution is 5.78. The Morgan fingerprint density at radius 3 is 2.12 bits per heavy atom. The lowest BCUT2D eigenvalue weighted by molar-refractivity contribution is -0.121. The van der Waals surface area contributed by atoms with Crippen LogP contribution in [0.1, 0.15) is 59.1 Å². The molecule has 0 bridgehead atoms. The molecule has 0 aliphatic heterocycles. The van der Waals surface area contributed by atoms with Crippen molar-refractivity contribution in [1.82, 2.24) is 5.32 Å². The van der Waals surface area contributed by atoms with Gasteiger partial charge in [0.1, 0.15) is 0 Å². The van der Waals surface area contributed by atoms with E-state index in [1.165, 1.54) is 0 Å². The van der Waals surface area contributed by atoms with Gasteiger partial charge in [0.15, 0.2) is 0 Å². The first-order chi connectivity index (χ1) is 12.0. The first-order valence-corrected chi connectivity index (χ1v) is 9.65. The molecule has 0 fully saturated rings. The van der Waals surface area contributed by atoms with Crippen LogP contribution in [0.15, 0.2) is 24.3 Å². The highest BCUT2D eigenvalue weighted by atomic mass is 16.5. The maximum atomic E-state index is 12.2. The van der Waals surface area contributed by atoms with Crippen LogP contribution in [0.2, 0.25) is 0 Å². The van der Waals surface area contributed by atoms with Crippen LogP contribution in [0.4, 0.5) is 0 Å². The Balaban J connectivity index is 2.35. The lowest BCUT2D eigenvalue weighted by Gasteiger charge is -2.30. The average molecular weight is 363 g/mol. The van der Waals surface area contributed by atoms with E-state index in [1.54, 1.807) is 0 Å². The maximum Gasteiger partial charge on any atom is 0.224 e. The van der Waals surface area contributed by atoms with Gasteiger partial charge in [-0.25, -0.2) is 0 Å². The van der Waals surface area contributed by atoms with Crippen LogP contribution >= 0.6 is 0 Å². The number of rotatable bonds is 11. The zero-order chi connectivity index (χ0) is 19.8. The largest absolute Gasteiger partial charge is 0.380 e. The van der Waals surface area contributed by atoms with E-state index in [1.807, 2.05) is 24.3 Å². The first-order valence-electron chi connectivity index (χ1n) is 9.65. The highest BCUT2D eigenvalue weighted by Gasteiger charge is 2.23. The van der Waals surface area contributed by atoms with Crippen molar-refractivity contribution >= 4 is 5.91 Å². The zero-order valence-electron chi connectivity index (χ0n) is 17.5. The molecular formula is C22H38N2O2. The van der Waals surface area contributed by atoms with Gasteiger partial charge >= 0.3 is 0 Å². The normalized spacial score (nSPS) is 12.5. The zero-order valence-corrected chi connectivity index (χ0v) is 17.5. The third-order valence-corrected chi connectivity index (χ3v) is 4.33. The van der Waals surface area contributed by atoms with Crippen LogP contribution in [-0.4, -0.2) is 25.7 Å². The summed E-state index contributed by atoms with van der Waals surface area (Å²) in [6.45, 7) is 15.7. The predicted octanol–water partition coefficient (Wildman–Crippen LogP) is 3.92. The van der Waals surface area contributed by atoms with Crippen molar-refractivity contribution in [3.63, 3.8) is 0 Å². The van der Waals surface area contributed by atoms with Crippen molar-refractivity contribution in [2.45, 2.75) is 60.9 Å². The monoisotopic (exact) mass is 362 g/mol. The highest BCUT2D eigenvalue weighted by Crippen LogP contribution is 2.26. The standard InChI is InChI=1S/C22H38N2O2/c1-17(2)12-21(3,4)15-26-16-22(5,6)14-24-20(25)11-18-7-9-19(13-23)10-8-18/h7-10,17H,11-16,23H2,1-6H3,(H,24,25). The molecule has 0 aliphatic carbocycles. The third kappa shape index (κ3) is 9.35. The van der Waals surface area contributed by atoms with Gasteiger partial charge in [-0.2, -0.15) is 0 Å².